The zero-order chi connectivity index (χ0) is 15.0. The van der Waals surface area contributed by atoms with Gasteiger partial charge in [0.05, 0.1) is 7.11 Å². The molecule has 2 N–H and O–H groups in total. The van der Waals surface area contributed by atoms with Crippen molar-refractivity contribution in [1.29, 1.82) is 0 Å². The van der Waals surface area contributed by atoms with E-state index in [-0.39, 0.29) is 0 Å². The van der Waals surface area contributed by atoms with Crippen LogP contribution in [-0.4, -0.2) is 37.6 Å². The molecule has 0 amide bonds. The van der Waals surface area contributed by atoms with E-state index in [1.165, 1.54) is 5.56 Å². The molecule has 112 valence electrons. The van der Waals surface area contributed by atoms with Crippen LogP contribution in [0.4, 0.5) is 0 Å². The molecule has 0 aliphatic heterocycles. The first-order valence-electron chi connectivity index (χ1n) is 7.31. The molecular formula is C16H27N3O. The molecule has 1 aromatic rings. The summed E-state index contributed by atoms with van der Waals surface area (Å²) < 4.78 is 5.17. The average molecular weight is 277 g/mol. The summed E-state index contributed by atoms with van der Waals surface area (Å²) in [6, 6.07) is 8.22. The van der Waals surface area contributed by atoms with Gasteiger partial charge in [-0.15, -0.1) is 0 Å². The monoisotopic (exact) mass is 277 g/mol. The highest BCUT2D eigenvalue weighted by molar-refractivity contribution is 5.77. The summed E-state index contributed by atoms with van der Waals surface area (Å²) in [6.07, 6.45) is 0.994. The van der Waals surface area contributed by atoms with E-state index in [0.29, 0.717) is 11.9 Å². The molecule has 0 bridgehead atoms. The molecule has 1 atom stereocenters. The smallest absolute Gasteiger partial charge is 0.191 e. The molecule has 20 heavy (non-hydrogen) atoms. The Bertz CT molecular complexity index is 410. The molecule has 1 rings (SSSR count). The summed E-state index contributed by atoms with van der Waals surface area (Å²) in [7, 11) is 1.68. The van der Waals surface area contributed by atoms with Crippen molar-refractivity contribution in [3.05, 3.63) is 29.8 Å². The van der Waals surface area contributed by atoms with Crippen LogP contribution in [-0.2, 0) is 0 Å². The van der Waals surface area contributed by atoms with E-state index in [2.05, 4.69) is 42.8 Å². The van der Waals surface area contributed by atoms with Gasteiger partial charge in [-0.05, 0) is 43.9 Å². The Hall–Kier alpha value is -1.71. The van der Waals surface area contributed by atoms with Gasteiger partial charge in [-0.2, -0.15) is 0 Å². The number of benzene rings is 1. The first-order chi connectivity index (χ1) is 9.62. The third-order valence-corrected chi connectivity index (χ3v) is 3.61. The van der Waals surface area contributed by atoms with E-state index >= 15 is 0 Å². The molecule has 0 heterocycles. The molecule has 4 nitrogen and oxygen atoms in total. The van der Waals surface area contributed by atoms with Gasteiger partial charge in [-0.25, -0.2) is 0 Å². The van der Waals surface area contributed by atoms with Gasteiger partial charge in [0.25, 0.3) is 0 Å². The van der Waals surface area contributed by atoms with Crippen LogP contribution in [0, 0.1) is 0 Å². The van der Waals surface area contributed by atoms with Crippen molar-refractivity contribution in [1.82, 2.24) is 4.90 Å². The van der Waals surface area contributed by atoms with E-state index in [4.69, 9.17) is 10.5 Å². The Balaban J connectivity index is 2.50. The number of rotatable bonds is 7. The number of nitrogens with zero attached hydrogens (tertiary/aromatic N) is 2. The van der Waals surface area contributed by atoms with Gasteiger partial charge in [0.15, 0.2) is 5.96 Å². The Kier molecular flexibility index (Phi) is 6.91. The highest BCUT2D eigenvalue weighted by Crippen LogP contribution is 2.21. The molecule has 1 unspecified atom stereocenters. The topological polar surface area (TPSA) is 50.8 Å². The number of hydrogen-bond donors (Lipinski definition) is 1. The second-order valence-electron chi connectivity index (χ2n) is 4.88. The van der Waals surface area contributed by atoms with Crippen LogP contribution >= 0.6 is 0 Å². The zero-order valence-electron chi connectivity index (χ0n) is 13.1. The average Bonchev–Trinajstić information content (AvgIpc) is 2.48. The summed E-state index contributed by atoms with van der Waals surface area (Å²) in [5.41, 5.74) is 7.27. The molecule has 0 aromatic heterocycles. The highest BCUT2D eigenvalue weighted by atomic mass is 16.5. The third-order valence-electron chi connectivity index (χ3n) is 3.61. The number of nitrogens with two attached hydrogens (primary N) is 1. The first kappa shape index (κ1) is 16.3. The lowest BCUT2D eigenvalue weighted by atomic mass is 9.98. The lowest BCUT2D eigenvalue weighted by molar-refractivity contribution is 0.414. The van der Waals surface area contributed by atoms with E-state index in [9.17, 15) is 0 Å². The standard InChI is InChI=1S/C16H27N3O/c1-5-19(6-2)16(17)18-12-11-13(3)14-7-9-15(20-4)10-8-14/h7-10,13H,5-6,11-12H2,1-4H3,(H2,17,18). The molecule has 0 aliphatic carbocycles. The SMILES string of the molecule is CCN(CC)C(N)=NCCC(C)c1ccc(OC)cc1. The van der Waals surface area contributed by atoms with Crippen molar-refractivity contribution < 1.29 is 4.74 Å². The van der Waals surface area contributed by atoms with Crippen LogP contribution in [0.5, 0.6) is 5.75 Å². The second-order valence-corrected chi connectivity index (χ2v) is 4.88. The minimum Gasteiger partial charge on any atom is -0.497 e. The van der Waals surface area contributed by atoms with Crippen molar-refractivity contribution in [3.8, 4) is 5.75 Å². The van der Waals surface area contributed by atoms with E-state index in [1.54, 1.807) is 7.11 Å². The van der Waals surface area contributed by atoms with Crippen molar-refractivity contribution in [3.63, 3.8) is 0 Å². The molecule has 0 aliphatic rings. The summed E-state index contributed by atoms with van der Waals surface area (Å²) in [6.45, 7) is 8.96. The molecule has 0 radical (unpaired) electrons. The Morgan fingerprint density at radius 3 is 2.35 bits per heavy atom. The van der Waals surface area contributed by atoms with Gasteiger partial charge < -0.3 is 15.4 Å². The van der Waals surface area contributed by atoms with Crippen molar-refractivity contribution in [2.45, 2.75) is 33.1 Å². The third kappa shape index (κ3) is 4.76. The summed E-state index contributed by atoms with van der Waals surface area (Å²) >= 11 is 0. The molecule has 1 aromatic carbocycles. The minimum atomic E-state index is 0.467. The lowest BCUT2D eigenvalue weighted by Crippen LogP contribution is -2.37. The van der Waals surface area contributed by atoms with Crippen LogP contribution < -0.4 is 10.5 Å². The predicted octanol–water partition coefficient (Wildman–Crippen LogP) is 2.85. The molecule has 4 heteroatoms. The molecule has 0 fully saturated rings. The van der Waals surface area contributed by atoms with Crippen LogP contribution in [0.3, 0.4) is 0 Å². The number of ether oxygens (including phenoxy) is 1. The second kappa shape index (κ2) is 8.46. The van der Waals surface area contributed by atoms with Crippen molar-refractivity contribution in [2.75, 3.05) is 26.7 Å². The Morgan fingerprint density at radius 2 is 1.85 bits per heavy atom. The van der Waals surface area contributed by atoms with Crippen LogP contribution in [0.1, 0.15) is 38.7 Å². The maximum atomic E-state index is 5.96. The molecular weight excluding hydrogens is 250 g/mol. The highest BCUT2D eigenvalue weighted by Gasteiger charge is 2.06. The van der Waals surface area contributed by atoms with Gasteiger partial charge in [-0.3, -0.25) is 4.99 Å². The lowest BCUT2D eigenvalue weighted by Gasteiger charge is -2.19. The van der Waals surface area contributed by atoms with Crippen molar-refractivity contribution in [2.24, 2.45) is 10.7 Å². The normalized spacial score (nSPS) is 13.1. The summed E-state index contributed by atoms with van der Waals surface area (Å²) in [5.74, 6) is 2.01. The quantitative estimate of drug-likeness (QED) is 0.616. The minimum absolute atomic E-state index is 0.467. The fourth-order valence-electron chi connectivity index (χ4n) is 2.12. The van der Waals surface area contributed by atoms with E-state index in [1.807, 2.05) is 12.1 Å². The van der Waals surface area contributed by atoms with E-state index < -0.39 is 0 Å². The maximum absolute atomic E-state index is 5.96. The molecule has 0 saturated carbocycles. The van der Waals surface area contributed by atoms with Crippen LogP contribution in [0.25, 0.3) is 0 Å². The fourth-order valence-corrected chi connectivity index (χ4v) is 2.12. The predicted molar refractivity (Wildman–Crippen MR) is 85.4 cm³/mol. The summed E-state index contributed by atoms with van der Waals surface area (Å²) in [4.78, 5) is 6.53. The van der Waals surface area contributed by atoms with Gasteiger partial charge in [-0.1, -0.05) is 19.1 Å². The van der Waals surface area contributed by atoms with Crippen molar-refractivity contribution >= 4 is 5.96 Å². The van der Waals surface area contributed by atoms with Gasteiger partial charge in [0, 0.05) is 19.6 Å². The van der Waals surface area contributed by atoms with Crippen LogP contribution in [0.15, 0.2) is 29.3 Å². The Morgan fingerprint density at radius 1 is 1.25 bits per heavy atom. The van der Waals surface area contributed by atoms with Gasteiger partial charge in [0.2, 0.25) is 0 Å². The number of hydrogen-bond acceptors (Lipinski definition) is 2. The number of aliphatic imine (C=N–C) groups is 1. The largest absolute Gasteiger partial charge is 0.497 e. The van der Waals surface area contributed by atoms with Crippen LogP contribution in [0.2, 0.25) is 0 Å². The fraction of sp³-hybridized carbons (Fsp3) is 0.562. The maximum Gasteiger partial charge on any atom is 0.191 e. The first-order valence-corrected chi connectivity index (χ1v) is 7.31. The zero-order valence-corrected chi connectivity index (χ0v) is 13.1. The molecule has 0 spiro atoms. The summed E-state index contributed by atoms with van der Waals surface area (Å²) in [5, 5.41) is 0. The van der Waals surface area contributed by atoms with E-state index in [0.717, 1.165) is 31.8 Å². The molecule has 0 saturated heterocycles. The Labute approximate surface area is 122 Å². The van der Waals surface area contributed by atoms with Gasteiger partial charge in [0.1, 0.15) is 5.75 Å². The number of methoxy groups -OCH3 is 1. The number of guanidine groups is 1. The van der Waals surface area contributed by atoms with Gasteiger partial charge >= 0.3 is 0 Å².